The minimum Gasteiger partial charge on any atom is -0.506 e. The summed E-state index contributed by atoms with van der Waals surface area (Å²) in [5, 5.41) is 13.7. The molecule has 0 saturated carbocycles. The molecular weight excluding hydrogens is 420 g/mol. The van der Waals surface area contributed by atoms with E-state index >= 15 is 0 Å². The maximum absolute atomic E-state index is 9.37. The molecule has 3 aromatic rings. The standard InChI is InChI=1S/C24H28N6O3/c1-2-18-4-3-5-19(14-18)16-26-29-22-15-23(30-9-12-32-13-10-30)28-24(27-22)33-11-8-20-6-7-21(31)17-25-20/h3-7,14-17,31H,2,8-13H2,1H3,(H,27,28,29)/b26-16+. The van der Waals surface area contributed by atoms with Gasteiger partial charge < -0.3 is 19.5 Å². The normalized spacial score (nSPS) is 13.9. The molecule has 1 fully saturated rings. The lowest BCUT2D eigenvalue weighted by Crippen LogP contribution is -2.36. The average molecular weight is 449 g/mol. The maximum Gasteiger partial charge on any atom is 0.320 e. The summed E-state index contributed by atoms with van der Waals surface area (Å²) in [4.78, 5) is 15.4. The van der Waals surface area contributed by atoms with Gasteiger partial charge in [0.25, 0.3) is 0 Å². The van der Waals surface area contributed by atoms with Crippen molar-refractivity contribution >= 4 is 17.9 Å². The largest absolute Gasteiger partial charge is 0.506 e. The highest BCUT2D eigenvalue weighted by Gasteiger charge is 2.15. The third-order valence-corrected chi connectivity index (χ3v) is 5.18. The first-order chi connectivity index (χ1) is 16.2. The zero-order chi connectivity index (χ0) is 22.9. The minimum absolute atomic E-state index is 0.138. The molecule has 9 nitrogen and oxygen atoms in total. The number of nitrogens with one attached hydrogen (secondary N) is 1. The molecule has 9 heteroatoms. The monoisotopic (exact) mass is 448 g/mol. The molecule has 0 spiro atoms. The van der Waals surface area contributed by atoms with Gasteiger partial charge >= 0.3 is 6.01 Å². The van der Waals surface area contributed by atoms with Gasteiger partial charge in [0.15, 0.2) is 5.82 Å². The number of morpholine rings is 1. The van der Waals surface area contributed by atoms with E-state index in [1.807, 2.05) is 18.2 Å². The van der Waals surface area contributed by atoms with Gasteiger partial charge in [-0.05, 0) is 29.7 Å². The van der Waals surface area contributed by atoms with E-state index in [1.54, 1.807) is 18.3 Å². The number of hydrogen-bond acceptors (Lipinski definition) is 9. The van der Waals surface area contributed by atoms with Crippen LogP contribution in [0.2, 0.25) is 0 Å². The first-order valence-electron chi connectivity index (χ1n) is 11.1. The number of aromatic hydroxyl groups is 1. The second-order valence-electron chi connectivity index (χ2n) is 7.57. The average Bonchev–Trinajstić information content (AvgIpc) is 2.86. The van der Waals surface area contributed by atoms with Crippen LogP contribution in [0.5, 0.6) is 11.8 Å². The number of nitrogens with zero attached hydrogens (tertiary/aromatic N) is 5. The van der Waals surface area contributed by atoms with Crippen molar-refractivity contribution in [3.63, 3.8) is 0 Å². The number of ether oxygens (including phenoxy) is 2. The number of rotatable bonds is 9. The molecule has 0 radical (unpaired) electrons. The van der Waals surface area contributed by atoms with Gasteiger partial charge in [-0.15, -0.1) is 0 Å². The molecule has 1 aromatic carbocycles. The molecule has 1 aliphatic rings. The zero-order valence-electron chi connectivity index (χ0n) is 18.6. The predicted molar refractivity (Wildman–Crippen MR) is 127 cm³/mol. The predicted octanol–water partition coefficient (Wildman–Crippen LogP) is 3.04. The van der Waals surface area contributed by atoms with E-state index in [9.17, 15) is 5.11 Å². The second kappa shape index (κ2) is 11.2. The number of anilines is 2. The Morgan fingerprint density at radius 3 is 2.85 bits per heavy atom. The first kappa shape index (κ1) is 22.5. The molecule has 2 aromatic heterocycles. The van der Waals surface area contributed by atoms with Crippen LogP contribution < -0.4 is 15.1 Å². The van der Waals surface area contributed by atoms with E-state index in [0.717, 1.165) is 36.6 Å². The highest BCUT2D eigenvalue weighted by molar-refractivity contribution is 5.80. The van der Waals surface area contributed by atoms with Gasteiger partial charge in [-0.3, -0.25) is 10.4 Å². The molecule has 0 amide bonds. The van der Waals surface area contributed by atoms with Gasteiger partial charge in [0.2, 0.25) is 0 Å². The summed E-state index contributed by atoms with van der Waals surface area (Å²) < 4.78 is 11.3. The lowest BCUT2D eigenvalue weighted by Gasteiger charge is -2.28. The lowest BCUT2D eigenvalue weighted by atomic mass is 10.1. The van der Waals surface area contributed by atoms with E-state index in [1.165, 1.54) is 11.8 Å². The van der Waals surface area contributed by atoms with Crippen molar-refractivity contribution in [3.8, 4) is 11.8 Å². The van der Waals surface area contributed by atoms with Gasteiger partial charge in [-0.25, -0.2) is 0 Å². The number of hydrazone groups is 1. The molecule has 4 rings (SSSR count). The maximum atomic E-state index is 9.37. The summed E-state index contributed by atoms with van der Waals surface area (Å²) >= 11 is 0. The fraction of sp³-hybridized carbons (Fsp3) is 0.333. The summed E-state index contributed by atoms with van der Waals surface area (Å²) in [6.45, 7) is 5.29. The van der Waals surface area contributed by atoms with Crippen LogP contribution in [0.4, 0.5) is 11.6 Å². The van der Waals surface area contributed by atoms with Crippen LogP contribution in [0.1, 0.15) is 23.7 Å². The highest BCUT2D eigenvalue weighted by Crippen LogP contribution is 2.21. The number of pyridine rings is 1. The molecule has 1 saturated heterocycles. The summed E-state index contributed by atoms with van der Waals surface area (Å²) in [5.41, 5.74) is 6.09. The smallest absolute Gasteiger partial charge is 0.320 e. The van der Waals surface area contributed by atoms with E-state index in [2.05, 4.69) is 49.4 Å². The van der Waals surface area contributed by atoms with Crippen molar-refractivity contribution in [2.45, 2.75) is 19.8 Å². The lowest BCUT2D eigenvalue weighted by molar-refractivity contribution is 0.122. The first-order valence-corrected chi connectivity index (χ1v) is 11.1. The molecule has 0 atom stereocenters. The number of aryl methyl sites for hydroxylation is 1. The Bertz CT molecular complexity index is 1070. The van der Waals surface area contributed by atoms with Crippen molar-refractivity contribution < 1.29 is 14.6 Å². The topological polar surface area (TPSA) is 105 Å². The minimum atomic E-state index is 0.138. The molecule has 0 unspecified atom stereocenters. The molecular formula is C24H28N6O3. The fourth-order valence-corrected chi connectivity index (χ4v) is 3.37. The van der Waals surface area contributed by atoms with Crippen LogP contribution in [-0.2, 0) is 17.6 Å². The van der Waals surface area contributed by atoms with Gasteiger partial charge in [0.05, 0.1) is 32.2 Å². The summed E-state index contributed by atoms with van der Waals surface area (Å²) in [6.07, 6.45) is 4.73. The van der Waals surface area contributed by atoms with Crippen LogP contribution in [0, 0.1) is 0 Å². The Balaban J connectivity index is 1.46. The van der Waals surface area contributed by atoms with Crippen molar-refractivity contribution in [1.82, 2.24) is 15.0 Å². The quantitative estimate of drug-likeness (QED) is 0.380. The molecule has 33 heavy (non-hydrogen) atoms. The molecule has 0 bridgehead atoms. The van der Waals surface area contributed by atoms with Crippen molar-refractivity contribution in [2.24, 2.45) is 5.10 Å². The van der Waals surface area contributed by atoms with Crippen molar-refractivity contribution in [3.05, 3.63) is 65.5 Å². The molecule has 0 aliphatic carbocycles. The summed E-state index contributed by atoms with van der Waals surface area (Å²) in [5.74, 6) is 1.45. The van der Waals surface area contributed by atoms with Gasteiger partial charge in [0, 0.05) is 31.3 Å². The van der Waals surface area contributed by atoms with Gasteiger partial charge in [-0.1, -0.05) is 31.2 Å². The molecule has 1 aliphatic heterocycles. The van der Waals surface area contributed by atoms with Crippen molar-refractivity contribution in [2.75, 3.05) is 43.2 Å². The van der Waals surface area contributed by atoms with Gasteiger partial charge in [0.1, 0.15) is 11.6 Å². The SMILES string of the molecule is CCc1cccc(/C=N/Nc2cc(N3CCOCC3)nc(OCCc3ccc(O)cn3)n2)c1. The molecule has 2 N–H and O–H groups in total. The third-order valence-electron chi connectivity index (χ3n) is 5.18. The van der Waals surface area contributed by atoms with Crippen LogP contribution in [0.3, 0.4) is 0 Å². The fourth-order valence-electron chi connectivity index (χ4n) is 3.37. The third kappa shape index (κ3) is 6.63. The van der Waals surface area contributed by atoms with E-state index in [-0.39, 0.29) is 11.8 Å². The Morgan fingerprint density at radius 2 is 2.06 bits per heavy atom. The molecule has 172 valence electrons. The Labute approximate surface area is 193 Å². The van der Waals surface area contributed by atoms with Gasteiger partial charge in [-0.2, -0.15) is 15.1 Å². The summed E-state index contributed by atoms with van der Waals surface area (Å²) in [6, 6.07) is 13.7. The summed E-state index contributed by atoms with van der Waals surface area (Å²) in [7, 11) is 0. The number of hydrogen-bond donors (Lipinski definition) is 2. The Kier molecular flexibility index (Phi) is 7.65. The number of aromatic nitrogens is 3. The zero-order valence-corrected chi connectivity index (χ0v) is 18.6. The second-order valence-corrected chi connectivity index (χ2v) is 7.57. The van der Waals surface area contributed by atoms with E-state index in [4.69, 9.17) is 9.47 Å². The van der Waals surface area contributed by atoms with Crippen LogP contribution in [0.25, 0.3) is 0 Å². The van der Waals surface area contributed by atoms with Crippen LogP contribution in [0.15, 0.2) is 53.8 Å². The van der Waals surface area contributed by atoms with Crippen molar-refractivity contribution in [1.29, 1.82) is 0 Å². The highest BCUT2D eigenvalue weighted by atomic mass is 16.5. The number of benzene rings is 1. The Hall–Kier alpha value is -3.72. The Morgan fingerprint density at radius 1 is 1.18 bits per heavy atom. The molecule has 3 heterocycles. The van der Waals surface area contributed by atoms with E-state index < -0.39 is 0 Å². The van der Waals surface area contributed by atoms with Crippen LogP contribution >= 0.6 is 0 Å². The van der Waals surface area contributed by atoms with E-state index in [0.29, 0.717) is 32.1 Å². The van der Waals surface area contributed by atoms with Crippen LogP contribution in [-0.4, -0.2) is 59.2 Å².